The summed E-state index contributed by atoms with van der Waals surface area (Å²) < 4.78 is 0. The number of aromatic nitrogens is 1. The molecule has 2 N–H and O–H groups in total. The van der Waals surface area contributed by atoms with Crippen molar-refractivity contribution in [3.8, 4) is 0 Å². The number of aromatic amines is 1. The number of hydrogen-bond acceptors (Lipinski definition) is 1. The van der Waals surface area contributed by atoms with E-state index in [0.29, 0.717) is 40.1 Å². The van der Waals surface area contributed by atoms with Gasteiger partial charge in [-0.25, -0.2) is 0 Å². The van der Waals surface area contributed by atoms with Crippen molar-refractivity contribution < 1.29 is 5.11 Å². The lowest BCUT2D eigenvalue weighted by Gasteiger charge is -2.62. The van der Waals surface area contributed by atoms with Gasteiger partial charge in [-0.2, -0.15) is 0 Å². The Morgan fingerprint density at radius 3 is 2.62 bits per heavy atom. The van der Waals surface area contributed by atoms with E-state index in [1.54, 1.807) is 0 Å². The SMILES string of the molecule is C=C1C=C2[C@@]3(CC[C@H](C[C@H](CO)Cc4cc[nH]c4)C3)CC3(CCCC3)[C@H](C)[C@@]2(C)[C@H]2[C@@H]1C2(C)C. The lowest BCUT2D eigenvalue weighted by atomic mass is 9.42. The molecule has 0 saturated heterocycles. The van der Waals surface area contributed by atoms with Crippen LogP contribution in [-0.4, -0.2) is 16.7 Å². The van der Waals surface area contributed by atoms with Crippen LogP contribution in [0.15, 0.2) is 42.3 Å². The molecule has 0 aromatic carbocycles. The summed E-state index contributed by atoms with van der Waals surface area (Å²) in [5.41, 5.74) is 6.23. The average molecular weight is 462 g/mol. The summed E-state index contributed by atoms with van der Waals surface area (Å²) in [5.74, 6) is 3.36. The third-order valence-corrected chi connectivity index (χ3v) is 12.3. The summed E-state index contributed by atoms with van der Waals surface area (Å²) in [7, 11) is 0. The van der Waals surface area contributed by atoms with Gasteiger partial charge >= 0.3 is 0 Å². The summed E-state index contributed by atoms with van der Waals surface area (Å²) in [6, 6.07) is 2.17. The fourth-order valence-corrected chi connectivity index (χ4v) is 10.9. The van der Waals surface area contributed by atoms with Gasteiger partial charge in [0.05, 0.1) is 0 Å². The molecule has 5 aliphatic rings. The maximum absolute atomic E-state index is 10.2. The third kappa shape index (κ3) is 3.09. The molecule has 7 atom stereocenters. The molecule has 5 aliphatic carbocycles. The number of hydrogen-bond donors (Lipinski definition) is 2. The van der Waals surface area contributed by atoms with E-state index in [1.165, 1.54) is 68.9 Å². The van der Waals surface area contributed by atoms with Crippen molar-refractivity contribution >= 4 is 0 Å². The molecule has 34 heavy (non-hydrogen) atoms. The van der Waals surface area contributed by atoms with Crippen molar-refractivity contribution in [2.24, 2.45) is 51.2 Å². The number of aliphatic hydroxyl groups excluding tert-OH is 1. The third-order valence-electron chi connectivity index (χ3n) is 12.3. The smallest absolute Gasteiger partial charge is 0.0462 e. The number of aliphatic hydroxyl groups is 1. The number of rotatable bonds is 5. The Labute approximate surface area is 207 Å². The van der Waals surface area contributed by atoms with Crippen LogP contribution < -0.4 is 0 Å². The van der Waals surface area contributed by atoms with Crippen molar-refractivity contribution in [2.75, 3.05) is 6.61 Å². The largest absolute Gasteiger partial charge is 0.396 e. The van der Waals surface area contributed by atoms with Gasteiger partial charge in [-0.05, 0) is 114 Å². The zero-order chi connectivity index (χ0) is 23.9. The van der Waals surface area contributed by atoms with Gasteiger partial charge in [0.15, 0.2) is 0 Å². The molecule has 0 bridgehead atoms. The van der Waals surface area contributed by atoms with E-state index in [0.717, 1.165) is 24.2 Å². The topological polar surface area (TPSA) is 36.0 Å². The summed E-state index contributed by atoms with van der Waals surface area (Å²) in [5, 5.41) is 10.2. The lowest BCUT2D eigenvalue weighted by Crippen LogP contribution is -2.54. The van der Waals surface area contributed by atoms with Crippen LogP contribution in [0.4, 0.5) is 0 Å². The van der Waals surface area contributed by atoms with Gasteiger partial charge in [-0.1, -0.05) is 64.3 Å². The normalized spacial score (nSPS) is 42.5. The Kier molecular flexibility index (Phi) is 5.18. The fraction of sp³-hybridized carbons (Fsp3) is 0.750. The van der Waals surface area contributed by atoms with E-state index >= 15 is 0 Å². The van der Waals surface area contributed by atoms with Crippen LogP contribution in [0.5, 0.6) is 0 Å². The molecule has 0 radical (unpaired) electrons. The van der Waals surface area contributed by atoms with E-state index in [-0.39, 0.29) is 0 Å². The minimum atomic E-state index is 0.310. The van der Waals surface area contributed by atoms with Crippen molar-refractivity contribution in [2.45, 2.75) is 91.9 Å². The summed E-state index contributed by atoms with van der Waals surface area (Å²) in [6.07, 6.45) is 20.2. The zero-order valence-electron chi connectivity index (χ0n) is 22.1. The van der Waals surface area contributed by atoms with E-state index < -0.39 is 0 Å². The Hall–Kier alpha value is -1.28. The molecule has 2 spiro atoms. The lowest BCUT2D eigenvalue weighted by molar-refractivity contribution is -0.0478. The van der Waals surface area contributed by atoms with Crippen LogP contribution in [0.3, 0.4) is 0 Å². The fourth-order valence-electron chi connectivity index (χ4n) is 10.9. The first-order valence-corrected chi connectivity index (χ1v) is 14.3. The van der Waals surface area contributed by atoms with Gasteiger partial charge in [-0.15, -0.1) is 0 Å². The van der Waals surface area contributed by atoms with Gasteiger partial charge in [0.25, 0.3) is 0 Å². The highest BCUT2D eigenvalue weighted by Gasteiger charge is 2.74. The van der Waals surface area contributed by atoms with Crippen LogP contribution in [-0.2, 0) is 6.42 Å². The number of nitrogens with one attached hydrogen (secondary N) is 1. The van der Waals surface area contributed by atoms with Gasteiger partial charge in [-0.3, -0.25) is 0 Å². The van der Waals surface area contributed by atoms with Crippen LogP contribution in [0.2, 0.25) is 0 Å². The molecule has 1 aromatic rings. The molecule has 4 saturated carbocycles. The Morgan fingerprint density at radius 2 is 1.94 bits per heavy atom. The summed E-state index contributed by atoms with van der Waals surface area (Å²) in [4.78, 5) is 3.19. The second kappa shape index (κ2) is 7.61. The molecular weight excluding hydrogens is 414 g/mol. The Balaban J connectivity index is 1.33. The molecule has 6 rings (SSSR count). The highest BCUT2D eigenvalue weighted by molar-refractivity contribution is 5.48. The van der Waals surface area contributed by atoms with E-state index in [4.69, 9.17) is 0 Å². The molecule has 1 aromatic heterocycles. The molecule has 4 fully saturated rings. The molecule has 2 nitrogen and oxygen atoms in total. The quantitative estimate of drug-likeness (QED) is 0.462. The van der Waals surface area contributed by atoms with E-state index in [2.05, 4.69) is 57.6 Å². The Morgan fingerprint density at radius 1 is 1.18 bits per heavy atom. The van der Waals surface area contributed by atoms with E-state index in [9.17, 15) is 5.11 Å². The Bertz CT molecular complexity index is 979. The number of fused-ring (bicyclic) bond motifs is 4. The minimum absolute atomic E-state index is 0.310. The molecule has 0 unspecified atom stereocenters. The van der Waals surface area contributed by atoms with Gasteiger partial charge in [0.1, 0.15) is 0 Å². The highest BCUT2D eigenvalue weighted by atomic mass is 16.3. The van der Waals surface area contributed by atoms with Gasteiger partial charge in [0.2, 0.25) is 0 Å². The average Bonchev–Trinajstić information content (AvgIpc) is 3.33. The van der Waals surface area contributed by atoms with E-state index in [1.807, 2.05) is 11.8 Å². The number of H-pyrrole nitrogens is 1. The first-order chi connectivity index (χ1) is 16.2. The summed E-state index contributed by atoms with van der Waals surface area (Å²) >= 11 is 0. The molecule has 2 heteroatoms. The van der Waals surface area contributed by atoms with Gasteiger partial charge in [0, 0.05) is 19.0 Å². The standard InChI is InChI=1S/C32H47NO/c1-21-14-26-30(5,28-27(21)29(28,3)4)22(2)31(10-6-7-11-31)20-32(26)12-8-23(17-32)15-25(19-34)16-24-9-13-33-18-24/h9,13-14,18,22-23,25,27-28,33-34H,1,6-8,10-12,15-17,19-20H2,2-5H3/t22-,23-,25+,27-,28+,30-,32-/m1/s1. The maximum Gasteiger partial charge on any atom is 0.0462 e. The number of allylic oxidation sites excluding steroid dienone is 3. The second-order valence-electron chi connectivity index (χ2n) is 14.3. The summed E-state index contributed by atoms with van der Waals surface area (Å²) in [6.45, 7) is 15.3. The molecule has 1 heterocycles. The van der Waals surface area contributed by atoms with Crippen LogP contribution >= 0.6 is 0 Å². The first kappa shape index (κ1) is 23.1. The van der Waals surface area contributed by atoms with Crippen LogP contribution in [0, 0.1) is 51.2 Å². The molecule has 0 aliphatic heterocycles. The second-order valence-corrected chi connectivity index (χ2v) is 14.3. The molecule has 0 amide bonds. The van der Waals surface area contributed by atoms with Gasteiger partial charge < -0.3 is 10.1 Å². The molecular formula is C32H47NO. The predicted octanol–water partition coefficient (Wildman–Crippen LogP) is 7.72. The monoisotopic (exact) mass is 461 g/mol. The van der Waals surface area contributed by atoms with Crippen molar-refractivity contribution in [1.29, 1.82) is 0 Å². The zero-order valence-corrected chi connectivity index (χ0v) is 22.1. The van der Waals surface area contributed by atoms with Crippen LogP contribution in [0.1, 0.15) is 91.0 Å². The highest BCUT2D eigenvalue weighted by Crippen LogP contribution is 2.81. The maximum atomic E-state index is 10.2. The van der Waals surface area contributed by atoms with Crippen molar-refractivity contribution in [3.05, 3.63) is 47.8 Å². The van der Waals surface area contributed by atoms with Crippen LogP contribution in [0.25, 0.3) is 0 Å². The minimum Gasteiger partial charge on any atom is -0.396 e. The van der Waals surface area contributed by atoms with Crippen molar-refractivity contribution in [1.82, 2.24) is 4.98 Å². The molecule has 186 valence electrons. The predicted molar refractivity (Wildman–Crippen MR) is 140 cm³/mol. The van der Waals surface area contributed by atoms with Crippen molar-refractivity contribution in [3.63, 3.8) is 0 Å². The first-order valence-electron chi connectivity index (χ1n) is 14.3.